The number of hydrogen-bond donors (Lipinski definition) is 2. The summed E-state index contributed by atoms with van der Waals surface area (Å²) in [6.45, 7) is 13.4. The third-order valence-corrected chi connectivity index (χ3v) is 15.8. The van der Waals surface area contributed by atoms with E-state index in [2.05, 4.69) is 0 Å². The zero-order valence-corrected chi connectivity index (χ0v) is 45.8. The van der Waals surface area contributed by atoms with Crippen LogP contribution >= 0.6 is 12.2 Å². The number of ether oxygens (including phenoxy) is 7. The van der Waals surface area contributed by atoms with E-state index in [1.165, 1.54) is 12.0 Å². The van der Waals surface area contributed by atoms with Crippen LogP contribution in [-0.2, 0) is 57.1 Å². The van der Waals surface area contributed by atoms with Crippen LogP contribution in [0.4, 0.5) is 0 Å². The molecule has 0 aromatic rings. The Labute approximate surface area is 434 Å². The smallest absolute Gasteiger partial charge is 0.329 e. The molecule has 16 heteroatoms. The number of fused-ring (bicyclic) bond motifs is 3. The van der Waals surface area contributed by atoms with E-state index in [0.29, 0.717) is 81.4 Å². The second-order valence-electron chi connectivity index (χ2n) is 21.1. The van der Waals surface area contributed by atoms with Gasteiger partial charge in [-0.05, 0) is 126 Å². The molecule has 3 fully saturated rings. The molecule has 0 aromatic heterocycles. The van der Waals surface area contributed by atoms with Gasteiger partial charge in [0.2, 0.25) is 5.79 Å². The number of allylic oxidation sites excluding steroid dienone is 6. The van der Waals surface area contributed by atoms with E-state index in [9.17, 15) is 34.2 Å². The number of nitrogens with zero attached hydrogens (tertiary/aromatic N) is 1. The Kier molecular flexibility index (Phi) is 25.1. The van der Waals surface area contributed by atoms with E-state index >= 15 is 0 Å². The lowest BCUT2D eigenvalue weighted by Gasteiger charge is -2.42. The van der Waals surface area contributed by atoms with Crippen molar-refractivity contribution in [2.45, 2.75) is 193 Å². The number of esters is 1. The molecule has 0 spiro atoms. The molecule has 2 N–H and O–H groups in total. The van der Waals surface area contributed by atoms with Crippen LogP contribution in [0.5, 0.6) is 0 Å². The summed E-state index contributed by atoms with van der Waals surface area (Å²) in [5, 5.41) is 24.1. The molecule has 0 radical (unpaired) electrons. The van der Waals surface area contributed by atoms with Gasteiger partial charge in [0.25, 0.3) is 11.7 Å². The Morgan fingerprint density at radius 1 is 0.875 bits per heavy atom. The van der Waals surface area contributed by atoms with Crippen molar-refractivity contribution in [1.29, 1.82) is 0 Å². The number of aliphatic hydroxyl groups is 2. The van der Waals surface area contributed by atoms with E-state index in [4.69, 9.17) is 45.4 Å². The number of thiocarbonyl (C=S) groups is 1. The molecule has 3 aliphatic heterocycles. The highest BCUT2D eigenvalue weighted by atomic mass is 32.1. The van der Waals surface area contributed by atoms with E-state index < -0.39 is 77.8 Å². The SMILES string of the molecule is COCCCC(=S)O[C@@H]1CC[C@@H](C[C@@H](C)[C@@H]2CC(=O)[C@H](C)/C=C(\C)[C@@H](O)[C@@H](OC)C(=O)[C@H](C)C[C@H](C)/C=C/C=C/C=C(\C)[C@@H](OC)C[C@@H]3CC[C@@H](C)[C@@](O)(O3)C(=O)C(=O)N3CCCC[C@H]3C(=O)O2)C[C@H]1OC. The van der Waals surface area contributed by atoms with Crippen molar-refractivity contribution in [1.82, 2.24) is 4.90 Å². The minimum atomic E-state index is -2.44. The molecule has 1 saturated carbocycles. The molecule has 0 aromatic carbocycles. The van der Waals surface area contributed by atoms with E-state index in [1.54, 1.807) is 48.2 Å². The van der Waals surface area contributed by atoms with Crippen LogP contribution in [-0.4, -0.2) is 146 Å². The fourth-order valence-corrected chi connectivity index (χ4v) is 11.1. The first-order valence-corrected chi connectivity index (χ1v) is 26.8. The predicted octanol–water partition coefficient (Wildman–Crippen LogP) is 7.96. The fourth-order valence-electron chi connectivity index (χ4n) is 10.8. The minimum absolute atomic E-state index is 0.0142. The van der Waals surface area contributed by atoms with Crippen molar-refractivity contribution in [2.75, 3.05) is 41.6 Å². The van der Waals surface area contributed by atoms with Gasteiger partial charge in [-0.15, -0.1) is 0 Å². The number of hydrogen-bond acceptors (Lipinski definition) is 15. The summed E-state index contributed by atoms with van der Waals surface area (Å²) in [5.74, 6) is -7.98. The van der Waals surface area contributed by atoms with Gasteiger partial charge in [0.05, 0.1) is 18.3 Å². The summed E-state index contributed by atoms with van der Waals surface area (Å²) < 4.78 is 41.3. The van der Waals surface area contributed by atoms with Crippen LogP contribution < -0.4 is 0 Å². The third-order valence-electron chi connectivity index (χ3n) is 15.5. The van der Waals surface area contributed by atoms with Crippen molar-refractivity contribution in [3.8, 4) is 0 Å². The molecule has 2 saturated heterocycles. The van der Waals surface area contributed by atoms with Crippen molar-refractivity contribution in [3.05, 3.63) is 47.6 Å². The standard InChI is InChI=1S/C56H87NO14S/c1-34-18-13-12-14-19-35(2)46(66-9)32-42-24-22-40(7)56(64,71-42)53(61)54(62)57-26-16-15-20-43(57)55(63)70-47(33-44(58)36(3)29-39(6)51(60)52(68-11)50(59)38(5)28-34)37(4)30-41-23-25-45(48(31-41)67-10)69-49(72)21-17-27-65-8/h12-14,18-19,29,34,36-38,40-43,45-48,51-52,60,64H,15-17,20-28,30-33H2,1-11H3/b14-12+,18-13+,35-19+,39-29+/t34-,36-,37-,38-,40-,41+,42+,43+,45-,46+,47+,48-,51-,52+,56-/m1/s1. The first-order chi connectivity index (χ1) is 34.2. The molecule has 4 rings (SSSR count). The van der Waals surface area contributed by atoms with Crippen LogP contribution in [0.2, 0.25) is 0 Å². The van der Waals surface area contributed by atoms with Gasteiger partial charge in [-0.1, -0.05) is 71.1 Å². The van der Waals surface area contributed by atoms with E-state index in [-0.39, 0.29) is 60.9 Å². The summed E-state index contributed by atoms with van der Waals surface area (Å²) in [6.07, 6.45) is 13.3. The van der Waals surface area contributed by atoms with Crippen LogP contribution in [0.1, 0.15) is 138 Å². The minimum Gasteiger partial charge on any atom is -0.481 e. The van der Waals surface area contributed by atoms with Gasteiger partial charge in [0.1, 0.15) is 36.2 Å². The topological polar surface area (TPSA) is 194 Å². The zero-order valence-electron chi connectivity index (χ0n) is 45.0. The Balaban J connectivity index is 1.68. The number of aliphatic hydroxyl groups excluding tert-OH is 1. The van der Waals surface area contributed by atoms with Crippen molar-refractivity contribution in [2.24, 2.45) is 35.5 Å². The lowest BCUT2D eigenvalue weighted by Crippen LogP contribution is -2.61. The number of amides is 1. The highest BCUT2D eigenvalue weighted by Gasteiger charge is 2.53. The molecule has 4 aliphatic rings. The fraction of sp³-hybridized carbons (Fsp3) is 0.750. The Morgan fingerprint density at radius 3 is 2.29 bits per heavy atom. The molecular weight excluding hydrogens is 943 g/mol. The van der Waals surface area contributed by atoms with Gasteiger partial charge in [-0.2, -0.15) is 0 Å². The van der Waals surface area contributed by atoms with E-state index in [0.717, 1.165) is 18.4 Å². The second kappa shape index (κ2) is 29.6. The largest absolute Gasteiger partial charge is 0.481 e. The summed E-state index contributed by atoms with van der Waals surface area (Å²) in [7, 11) is 6.26. The normalized spacial score (nSPS) is 37.5. The first kappa shape index (κ1) is 61.1. The molecule has 1 amide bonds. The number of carbonyl (C=O) groups excluding carboxylic acids is 5. The van der Waals surface area contributed by atoms with Gasteiger partial charge in [-0.25, -0.2) is 4.79 Å². The van der Waals surface area contributed by atoms with Gasteiger partial charge in [0, 0.05) is 78.6 Å². The van der Waals surface area contributed by atoms with Crippen LogP contribution in [0.25, 0.3) is 0 Å². The van der Waals surface area contributed by atoms with Crippen molar-refractivity contribution < 1.29 is 67.3 Å². The van der Waals surface area contributed by atoms with Crippen molar-refractivity contribution in [3.63, 3.8) is 0 Å². The summed E-state index contributed by atoms with van der Waals surface area (Å²) in [4.78, 5) is 72.5. The number of methoxy groups -OCH3 is 4. The molecule has 72 heavy (non-hydrogen) atoms. The molecule has 2 bridgehead atoms. The molecule has 15 nitrogen and oxygen atoms in total. The van der Waals surface area contributed by atoms with Gasteiger partial charge >= 0.3 is 5.97 Å². The van der Waals surface area contributed by atoms with Crippen molar-refractivity contribution >= 4 is 46.5 Å². The highest BCUT2D eigenvalue weighted by Crippen LogP contribution is 2.38. The molecular formula is C56H87NO14S. The Bertz CT molecular complexity index is 1950. The first-order valence-electron chi connectivity index (χ1n) is 26.4. The summed E-state index contributed by atoms with van der Waals surface area (Å²) >= 11 is 5.53. The van der Waals surface area contributed by atoms with Crippen LogP contribution in [0.3, 0.4) is 0 Å². The van der Waals surface area contributed by atoms with Gasteiger partial charge in [0.15, 0.2) is 10.8 Å². The van der Waals surface area contributed by atoms with Gasteiger partial charge in [-0.3, -0.25) is 19.2 Å². The zero-order chi connectivity index (χ0) is 53.3. The maximum Gasteiger partial charge on any atom is 0.329 e. The second-order valence-corrected chi connectivity index (χ2v) is 21.6. The lowest BCUT2D eigenvalue weighted by molar-refractivity contribution is -0.265. The van der Waals surface area contributed by atoms with Gasteiger partial charge < -0.3 is 48.3 Å². The average Bonchev–Trinajstić information content (AvgIpc) is 3.35. The van der Waals surface area contributed by atoms with Crippen LogP contribution in [0.15, 0.2) is 47.6 Å². The number of carbonyl (C=O) groups is 5. The summed E-state index contributed by atoms with van der Waals surface area (Å²) in [6, 6.07) is -1.15. The lowest BCUT2D eigenvalue weighted by atomic mass is 9.78. The quantitative estimate of drug-likeness (QED) is 0.0665. The number of Topliss-reactive ketones (excluding diaryl/α,β-unsaturated/α-hetero) is 3. The third kappa shape index (κ3) is 17.0. The van der Waals surface area contributed by atoms with E-state index in [1.807, 2.05) is 58.1 Å². The molecule has 406 valence electrons. The maximum absolute atomic E-state index is 14.6. The predicted molar refractivity (Wildman–Crippen MR) is 278 cm³/mol. The molecule has 15 atom stereocenters. The Morgan fingerprint density at radius 2 is 1.61 bits per heavy atom. The number of rotatable bonds is 11. The summed E-state index contributed by atoms with van der Waals surface area (Å²) in [5.41, 5.74) is 1.27. The number of ketones is 3. The molecule has 0 unspecified atom stereocenters. The molecule has 1 aliphatic carbocycles. The monoisotopic (exact) mass is 1030 g/mol. The number of cyclic esters (lactones) is 1. The van der Waals surface area contributed by atoms with Crippen LogP contribution in [0, 0.1) is 35.5 Å². The molecule has 3 heterocycles. The highest BCUT2D eigenvalue weighted by molar-refractivity contribution is 7.80. The number of piperidine rings is 1. The Hall–Kier alpha value is -3.48. The average molecular weight is 1030 g/mol. The maximum atomic E-state index is 14.6.